The molecule has 34 heavy (non-hydrogen) atoms. The van der Waals surface area contributed by atoms with Crippen LogP contribution in [0.1, 0.15) is 22.2 Å². The maximum Gasteiger partial charge on any atom is 0.313 e. The predicted octanol–water partition coefficient (Wildman–Crippen LogP) is 4.55. The number of aromatic nitrogens is 2. The smallest absolute Gasteiger partial charge is 0.313 e. The number of hydrogen-bond donors (Lipinski definition) is 1. The van der Waals surface area contributed by atoms with Gasteiger partial charge in [0.2, 0.25) is 0 Å². The van der Waals surface area contributed by atoms with Crippen molar-refractivity contribution >= 4 is 61.8 Å². The Bertz CT molecular complexity index is 1370. The van der Waals surface area contributed by atoms with E-state index in [0.717, 1.165) is 50.6 Å². The third kappa shape index (κ3) is 4.45. The molecule has 1 fully saturated rings. The zero-order valence-electron chi connectivity index (χ0n) is 18.7. The van der Waals surface area contributed by atoms with Crippen molar-refractivity contribution in [1.29, 1.82) is 0 Å². The summed E-state index contributed by atoms with van der Waals surface area (Å²) in [6, 6.07) is 15.9. The number of amides is 1. The van der Waals surface area contributed by atoms with E-state index in [1.165, 1.54) is 4.88 Å². The van der Waals surface area contributed by atoms with Crippen LogP contribution < -0.4 is 4.90 Å². The van der Waals surface area contributed by atoms with Crippen molar-refractivity contribution < 1.29 is 14.7 Å². The van der Waals surface area contributed by atoms with E-state index in [1.807, 2.05) is 47.4 Å². The van der Waals surface area contributed by atoms with E-state index < -0.39 is 5.97 Å². The lowest BCUT2D eigenvalue weighted by Gasteiger charge is -2.36. The van der Waals surface area contributed by atoms with Gasteiger partial charge in [-0.25, -0.2) is 9.97 Å². The fraction of sp³-hybridized carbons (Fsp3) is 0.280. The molecule has 1 saturated heterocycles. The standard InChI is InChI=1S/C25H24N4O3S2/c1-2-17-14-20-22(26-25(27-23(20)34-17)33-15-21(30)31)28-10-12-29(13-11-28)24(32)19-9-5-7-16-6-3-4-8-18(16)19/h3-9,14H,2,10-13,15H2,1H3,(H,30,31). The van der Waals surface area contributed by atoms with Gasteiger partial charge in [0.25, 0.3) is 5.91 Å². The molecule has 3 heterocycles. The van der Waals surface area contributed by atoms with Gasteiger partial charge in [-0.2, -0.15) is 0 Å². The number of piperazine rings is 1. The number of carboxylic acid groups (broad SMARTS) is 1. The van der Waals surface area contributed by atoms with Crippen LogP contribution in [0.15, 0.2) is 53.7 Å². The molecule has 0 unspecified atom stereocenters. The minimum Gasteiger partial charge on any atom is -0.481 e. The van der Waals surface area contributed by atoms with Gasteiger partial charge in [0.1, 0.15) is 10.6 Å². The minimum atomic E-state index is -0.892. The first-order chi connectivity index (χ1) is 16.5. The quantitative estimate of drug-likeness (QED) is 0.312. The number of anilines is 1. The summed E-state index contributed by atoms with van der Waals surface area (Å²) in [7, 11) is 0. The van der Waals surface area contributed by atoms with E-state index >= 15 is 0 Å². The zero-order chi connectivity index (χ0) is 23.7. The van der Waals surface area contributed by atoms with Crippen molar-refractivity contribution in [2.24, 2.45) is 0 Å². The summed E-state index contributed by atoms with van der Waals surface area (Å²) in [4.78, 5) is 39.9. The molecule has 0 aliphatic carbocycles. The van der Waals surface area contributed by atoms with E-state index in [0.29, 0.717) is 31.3 Å². The Morgan fingerprint density at radius 2 is 1.79 bits per heavy atom. The molecule has 5 rings (SSSR count). The summed E-state index contributed by atoms with van der Waals surface area (Å²) >= 11 is 2.76. The number of thioether (sulfide) groups is 1. The highest BCUT2D eigenvalue weighted by molar-refractivity contribution is 7.99. The van der Waals surface area contributed by atoms with Crippen molar-refractivity contribution in [1.82, 2.24) is 14.9 Å². The largest absolute Gasteiger partial charge is 0.481 e. The number of fused-ring (bicyclic) bond motifs is 2. The molecule has 0 bridgehead atoms. The van der Waals surface area contributed by atoms with Gasteiger partial charge in [0.15, 0.2) is 5.16 Å². The minimum absolute atomic E-state index is 0.0470. The van der Waals surface area contributed by atoms with Gasteiger partial charge in [-0.3, -0.25) is 9.59 Å². The predicted molar refractivity (Wildman–Crippen MR) is 137 cm³/mol. The highest BCUT2D eigenvalue weighted by Crippen LogP contribution is 2.34. The van der Waals surface area contributed by atoms with Crippen molar-refractivity contribution in [3.63, 3.8) is 0 Å². The van der Waals surface area contributed by atoms with Crippen molar-refractivity contribution in [3.05, 3.63) is 59.0 Å². The summed E-state index contributed by atoms with van der Waals surface area (Å²) in [5.41, 5.74) is 0.730. The first kappa shape index (κ1) is 22.6. The molecule has 0 spiro atoms. The van der Waals surface area contributed by atoms with Crippen molar-refractivity contribution in [2.45, 2.75) is 18.5 Å². The Labute approximate surface area is 205 Å². The van der Waals surface area contributed by atoms with Gasteiger partial charge in [-0.05, 0) is 29.3 Å². The number of benzene rings is 2. The summed E-state index contributed by atoms with van der Waals surface area (Å²) in [5, 5.41) is 12.6. The third-order valence-corrected chi connectivity index (χ3v) is 7.97. The van der Waals surface area contributed by atoms with Crippen LogP contribution in [0.4, 0.5) is 5.82 Å². The average molecular weight is 493 g/mol. The average Bonchev–Trinajstić information content (AvgIpc) is 3.29. The van der Waals surface area contributed by atoms with Gasteiger partial charge in [0.05, 0.1) is 11.1 Å². The highest BCUT2D eigenvalue weighted by Gasteiger charge is 2.26. The van der Waals surface area contributed by atoms with Crippen LogP contribution >= 0.6 is 23.1 Å². The maximum absolute atomic E-state index is 13.3. The molecule has 0 saturated carbocycles. The molecule has 1 N–H and O–H groups in total. The van der Waals surface area contributed by atoms with E-state index in [-0.39, 0.29) is 11.7 Å². The van der Waals surface area contributed by atoms with Gasteiger partial charge < -0.3 is 14.9 Å². The Morgan fingerprint density at radius 3 is 2.56 bits per heavy atom. The molecule has 0 atom stereocenters. The summed E-state index contributed by atoms with van der Waals surface area (Å²) in [5.74, 6) is -0.0994. The molecule has 2 aromatic carbocycles. The maximum atomic E-state index is 13.3. The molecule has 7 nitrogen and oxygen atoms in total. The summed E-state index contributed by atoms with van der Waals surface area (Å²) in [6.45, 7) is 4.60. The van der Waals surface area contributed by atoms with Gasteiger partial charge in [-0.15, -0.1) is 11.3 Å². The number of carbonyl (C=O) groups is 2. The van der Waals surface area contributed by atoms with Gasteiger partial charge >= 0.3 is 5.97 Å². The second-order valence-corrected chi connectivity index (χ2v) is 10.2. The highest BCUT2D eigenvalue weighted by atomic mass is 32.2. The van der Waals surface area contributed by atoms with Crippen LogP contribution in [-0.2, 0) is 11.2 Å². The Kier molecular flexibility index (Phi) is 6.38. The van der Waals surface area contributed by atoms with Crippen LogP contribution in [0, 0.1) is 0 Å². The van der Waals surface area contributed by atoms with E-state index in [9.17, 15) is 9.59 Å². The molecular weight excluding hydrogens is 468 g/mol. The summed E-state index contributed by atoms with van der Waals surface area (Å²) < 4.78 is 0. The SMILES string of the molecule is CCc1cc2c(N3CCN(C(=O)c4cccc5ccccc45)CC3)nc(SCC(=O)O)nc2s1. The van der Waals surface area contributed by atoms with Crippen LogP contribution in [-0.4, -0.2) is 63.8 Å². The number of rotatable bonds is 6. The molecule has 2 aromatic heterocycles. The monoisotopic (exact) mass is 492 g/mol. The molecule has 4 aromatic rings. The van der Waals surface area contributed by atoms with E-state index in [4.69, 9.17) is 10.1 Å². The first-order valence-electron chi connectivity index (χ1n) is 11.2. The Balaban J connectivity index is 1.38. The molecule has 0 radical (unpaired) electrons. The fourth-order valence-corrected chi connectivity index (χ4v) is 5.83. The van der Waals surface area contributed by atoms with Gasteiger partial charge in [0, 0.05) is 36.6 Å². The van der Waals surface area contributed by atoms with Crippen LogP contribution in [0.2, 0.25) is 0 Å². The lowest BCUT2D eigenvalue weighted by Crippen LogP contribution is -2.49. The number of aryl methyl sites for hydroxylation is 1. The lowest BCUT2D eigenvalue weighted by atomic mass is 10.0. The molecular formula is C25H24N4O3S2. The topological polar surface area (TPSA) is 86.6 Å². The molecule has 174 valence electrons. The van der Waals surface area contributed by atoms with E-state index in [2.05, 4.69) is 22.9 Å². The normalized spacial score (nSPS) is 14.1. The molecule has 1 amide bonds. The zero-order valence-corrected chi connectivity index (χ0v) is 20.4. The fourth-order valence-electron chi connectivity index (χ4n) is 4.25. The Hall–Kier alpha value is -3.17. The summed E-state index contributed by atoms with van der Waals surface area (Å²) in [6.07, 6.45) is 0.908. The number of nitrogens with zero attached hydrogens (tertiary/aromatic N) is 4. The second kappa shape index (κ2) is 9.60. The van der Waals surface area contributed by atoms with Gasteiger partial charge in [-0.1, -0.05) is 55.1 Å². The van der Waals surface area contributed by atoms with Crippen molar-refractivity contribution in [3.8, 4) is 0 Å². The molecule has 1 aliphatic rings. The van der Waals surface area contributed by atoms with Crippen LogP contribution in [0.25, 0.3) is 21.0 Å². The van der Waals surface area contributed by atoms with E-state index in [1.54, 1.807) is 11.3 Å². The number of carbonyl (C=O) groups excluding carboxylic acids is 1. The van der Waals surface area contributed by atoms with Crippen LogP contribution in [0.5, 0.6) is 0 Å². The number of thiophene rings is 1. The van der Waals surface area contributed by atoms with Crippen molar-refractivity contribution in [2.75, 3.05) is 36.8 Å². The Morgan fingerprint density at radius 1 is 1.03 bits per heavy atom. The first-order valence-corrected chi connectivity index (χ1v) is 13.0. The lowest BCUT2D eigenvalue weighted by molar-refractivity contribution is -0.133. The third-order valence-electron chi connectivity index (χ3n) is 5.96. The molecule has 9 heteroatoms. The number of hydrogen-bond acceptors (Lipinski definition) is 7. The van der Waals surface area contributed by atoms with Crippen LogP contribution in [0.3, 0.4) is 0 Å². The molecule has 1 aliphatic heterocycles. The number of carboxylic acids is 1. The second-order valence-electron chi connectivity index (χ2n) is 8.10. The number of aliphatic carboxylic acids is 1.